The molecule has 2 aromatic rings. The maximum absolute atomic E-state index is 11.4. The van der Waals surface area contributed by atoms with E-state index in [1.807, 2.05) is 52.0 Å². The molecule has 1 fully saturated rings. The van der Waals surface area contributed by atoms with Crippen LogP contribution in [0.3, 0.4) is 0 Å². The summed E-state index contributed by atoms with van der Waals surface area (Å²) in [6, 6.07) is 14.3. The molecule has 0 N–H and O–H groups in total. The Balaban J connectivity index is 1.68. The molecule has 0 spiro atoms. The quantitative estimate of drug-likeness (QED) is 0.462. The number of benzene rings is 2. The molecule has 3 rings (SSSR count). The minimum atomic E-state index is -0.396. The summed E-state index contributed by atoms with van der Waals surface area (Å²) in [6.07, 6.45) is 0. The van der Waals surface area contributed by atoms with Gasteiger partial charge in [0, 0.05) is 0 Å². The van der Waals surface area contributed by atoms with Gasteiger partial charge < -0.3 is 14.0 Å². The highest BCUT2D eigenvalue weighted by molar-refractivity contribution is 6.62. The molecular formula is C20H23BN2O4. The number of carbonyl (C=O) groups excluding carboxylic acids is 1. The third-order valence-corrected chi connectivity index (χ3v) is 4.99. The van der Waals surface area contributed by atoms with E-state index in [4.69, 9.17) is 9.31 Å². The molecule has 140 valence electrons. The van der Waals surface area contributed by atoms with Gasteiger partial charge in [0.1, 0.15) is 0 Å². The van der Waals surface area contributed by atoms with Gasteiger partial charge in [-0.2, -0.15) is 10.2 Å². The van der Waals surface area contributed by atoms with Crippen LogP contribution in [0.5, 0.6) is 0 Å². The molecule has 7 heteroatoms. The Morgan fingerprint density at radius 3 is 1.74 bits per heavy atom. The normalized spacial score (nSPS) is 18.0. The van der Waals surface area contributed by atoms with Crippen molar-refractivity contribution in [2.24, 2.45) is 10.2 Å². The predicted molar refractivity (Wildman–Crippen MR) is 104 cm³/mol. The third-order valence-electron chi connectivity index (χ3n) is 4.99. The fourth-order valence-corrected chi connectivity index (χ4v) is 2.57. The van der Waals surface area contributed by atoms with E-state index in [1.54, 1.807) is 24.3 Å². The molecule has 0 unspecified atom stereocenters. The van der Waals surface area contributed by atoms with Crippen LogP contribution < -0.4 is 5.46 Å². The third kappa shape index (κ3) is 4.09. The largest absolute Gasteiger partial charge is 0.494 e. The minimum Gasteiger partial charge on any atom is -0.465 e. The van der Waals surface area contributed by atoms with Gasteiger partial charge in [0.2, 0.25) is 0 Å². The highest BCUT2D eigenvalue weighted by atomic mass is 16.7. The van der Waals surface area contributed by atoms with E-state index >= 15 is 0 Å². The van der Waals surface area contributed by atoms with Crippen molar-refractivity contribution < 1.29 is 18.8 Å². The van der Waals surface area contributed by atoms with Crippen LogP contribution in [-0.2, 0) is 14.0 Å². The van der Waals surface area contributed by atoms with Crippen molar-refractivity contribution in [1.82, 2.24) is 0 Å². The SMILES string of the molecule is COC(=O)c1ccc(N=Nc2ccc(B3OC(C)(C)C(C)(C)O3)cc2)cc1. The summed E-state index contributed by atoms with van der Waals surface area (Å²) in [5.41, 5.74) is 2.04. The van der Waals surface area contributed by atoms with Crippen LogP contribution in [0.4, 0.5) is 11.4 Å². The lowest BCUT2D eigenvalue weighted by Crippen LogP contribution is -2.41. The first kappa shape index (κ1) is 19.3. The number of azo groups is 1. The average Bonchev–Trinajstić information content (AvgIpc) is 2.87. The van der Waals surface area contributed by atoms with Crippen LogP contribution in [0, 0.1) is 0 Å². The molecule has 1 aliphatic rings. The lowest BCUT2D eigenvalue weighted by molar-refractivity contribution is 0.00578. The topological polar surface area (TPSA) is 69.5 Å². The number of rotatable bonds is 4. The van der Waals surface area contributed by atoms with Crippen LogP contribution in [0.2, 0.25) is 0 Å². The second-order valence-corrected chi connectivity index (χ2v) is 7.42. The second-order valence-electron chi connectivity index (χ2n) is 7.42. The molecule has 1 heterocycles. The number of hydrogen-bond donors (Lipinski definition) is 0. The van der Waals surface area contributed by atoms with E-state index < -0.39 is 7.12 Å². The van der Waals surface area contributed by atoms with E-state index in [9.17, 15) is 4.79 Å². The Hall–Kier alpha value is -2.51. The number of methoxy groups -OCH3 is 1. The zero-order valence-corrected chi connectivity index (χ0v) is 16.2. The van der Waals surface area contributed by atoms with Crippen LogP contribution >= 0.6 is 0 Å². The van der Waals surface area contributed by atoms with Crippen LogP contribution in [0.25, 0.3) is 0 Å². The van der Waals surface area contributed by atoms with Crippen molar-refractivity contribution in [2.45, 2.75) is 38.9 Å². The molecule has 0 aliphatic carbocycles. The van der Waals surface area contributed by atoms with Gasteiger partial charge in [-0.3, -0.25) is 0 Å². The predicted octanol–water partition coefficient (Wildman–Crippen LogP) is 4.19. The fourth-order valence-electron chi connectivity index (χ4n) is 2.57. The van der Waals surface area contributed by atoms with Gasteiger partial charge in [0.25, 0.3) is 0 Å². The van der Waals surface area contributed by atoms with Crippen molar-refractivity contribution in [3.05, 3.63) is 54.1 Å². The molecule has 2 aromatic carbocycles. The number of esters is 1. The maximum atomic E-state index is 11.4. The lowest BCUT2D eigenvalue weighted by Gasteiger charge is -2.32. The first-order valence-electron chi connectivity index (χ1n) is 8.77. The van der Waals surface area contributed by atoms with Gasteiger partial charge in [-0.1, -0.05) is 12.1 Å². The molecule has 0 amide bonds. The van der Waals surface area contributed by atoms with E-state index in [0.717, 1.165) is 5.46 Å². The van der Waals surface area contributed by atoms with Gasteiger partial charge in [-0.15, -0.1) is 0 Å². The van der Waals surface area contributed by atoms with E-state index in [0.29, 0.717) is 16.9 Å². The van der Waals surface area contributed by atoms with Gasteiger partial charge in [-0.25, -0.2) is 4.79 Å². The highest BCUT2D eigenvalue weighted by Crippen LogP contribution is 2.36. The van der Waals surface area contributed by atoms with Gasteiger partial charge in [-0.05, 0) is 69.6 Å². The molecular weight excluding hydrogens is 343 g/mol. The average molecular weight is 366 g/mol. The minimum absolute atomic E-state index is 0.369. The molecule has 0 bridgehead atoms. The molecule has 1 saturated heterocycles. The van der Waals surface area contributed by atoms with Crippen molar-refractivity contribution >= 4 is 29.9 Å². The zero-order chi connectivity index (χ0) is 19.7. The lowest BCUT2D eigenvalue weighted by atomic mass is 9.79. The van der Waals surface area contributed by atoms with E-state index in [1.165, 1.54) is 7.11 Å². The van der Waals surface area contributed by atoms with Gasteiger partial charge in [0.05, 0.1) is 35.3 Å². The van der Waals surface area contributed by atoms with Gasteiger partial charge >= 0.3 is 13.1 Å². The molecule has 1 aliphatic heterocycles. The van der Waals surface area contributed by atoms with Gasteiger partial charge in [0.15, 0.2) is 0 Å². The summed E-state index contributed by atoms with van der Waals surface area (Å²) < 4.78 is 16.8. The molecule has 0 aromatic heterocycles. The first-order chi connectivity index (χ1) is 12.7. The number of nitrogens with zero attached hydrogens (tertiary/aromatic N) is 2. The van der Waals surface area contributed by atoms with Crippen molar-refractivity contribution in [2.75, 3.05) is 7.11 Å². The Labute approximate surface area is 159 Å². The summed E-state index contributed by atoms with van der Waals surface area (Å²) in [6.45, 7) is 8.12. The van der Waals surface area contributed by atoms with Crippen molar-refractivity contribution in [3.63, 3.8) is 0 Å². The summed E-state index contributed by atoms with van der Waals surface area (Å²) in [4.78, 5) is 11.4. The highest BCUT2D eigenvalue weighted by Gasteiger charge is 2.51. The molecule has 6 nitrogen and oxygen atoms in total. The monoisotopic (exact) mass is 366 g/mol. The fraction of sp³-hybridized carbons (Fsp3) is 0.350. The zero-order valence-electron chi connectivity index (χ0n) is 16.2. The molecule has 0 radical (unpaired) electrons. The second kappa shape index (κ2) is 7.25. The summed E-state index contributed by atoms with van der Waals surface area (Å²) >= 11 is 0. The molecule has 0 atom stereocenters. The summed E-state index contributed by atoms with van der Waals surface area (Å²) in [5.74, 6) is -0.378. The summed E-state index contributed by atoms with van der Waals surface area (Å²) in [7, 11) is 0.954. The Kier molecular flexibility index (Phi) is 5.17. The standard InChI is InChI=1S/C20H23BN2O4/c1-19(2)20(3,4)27-21(26-19)15-8-12-17(13-9-15)23-22-16-10-6-14(7-11-16)18(24)25-5/h6-13H,1-5H3. The number of hydrogen-bond acceptors (Lipinski definition) is 6. The van der Waals surface area contributed by atoms with E-state index in [2.05, 4.69) is 15.0 Å². The maximum Gasteiger partial charge on any atom is 0.494 e. The van der Waals surface area contributed by atoms with Crippen LogP contribution in [-0.4, -0.2) is 31.4 Å². The Morgan fingerprint density at radius 2 is 1.30 bits per heavy atom. The Bertz CT molecular complexity index is 829. The van der Waals surface area contributed by atoms with Crippen molar-refractivity contribution in [1.29, 1.82) is 0 Å². The smallest absolute Gasteiger partial charge is 0.465 e. The van der Waals surface area contributed by atoms with Crippen molar-refractivity contribution in [3.8, 4) is 0 Å². The van der Waals surface area contributed by atoms with E-state index in [-0.39, 0.29) is 17.2 Å². The molecule has 0 saturated carbocycles. The molecule has 27 heavy (non-hydrogen) atoms. The Morgan fingerprint density at radius 1 is 0.852 bits per heavy atom. The number of carbonyl (C=O) groups is 1. The van der Waals surface area contributed by atoms with Crippen LogP contribution in [0.15, 0.2) is 58.8 Å². The first-order valence-corrected chi connectivity index (χ1v) is 8.77. The summed E-state index contributed by atoms with van der Waals surface area (Å²) in [5, 5.41) is 8.41. The number of ether oxygens (including phenoxy) is 1. The van der Waals surface area contributed by atoms with Crippen LogP contribution in [0.1, 0.15) is 38.1 Å².